The van der Waals surface area contributed by atoms with Gasteiger partial charge in [-0.1, -0.05) is 0 Å². The van der Waals surface area contributed by atoms with E-state index in [9.17, 15) is 4.39 Å². The lowest BCUT2D eigenvalue weighted by atomic mass is 10.2. The lowest BCUT2D eigenvalue weighted by Crippen LogP contribution is -1.81. The van der Waals surface area contributed by atoms with Crippen LogP contribution in [0.25, 0.3) is 0 Å². The first-order valence-corrected chi connectivity index (χ1v) is 3.12. The van der Waals surface area contributed by atoms with Crippen molar-refractivity contribution in [1.82, 2.24) is 0 Å². The van der Waals surface area contributed by atoms with Crippen LogP contribution in [0.5, 0.6) is 5.75 Å². The highest BCUT2D eigenvalue weighted by atomic mass is 19.1. The summed E-state index contributed by atoms with van der Waals surface area (Å²) in [6.07, 6.45) is 0. The SMILES string of the molecule is N#CC#Cc1ccc(O)cc1F. The van der Waals surface area contributed by atoms with Gasteiger partial charge in [-0.25, -0.2) is 4.39 Å². The number of benzene rings is 1. The molecule has 1 aromatic rings. The molecule has 0 saturated carbocycles. The molecule has 0 aromatic heterocycles. The zero-order chi connectivity index (χ0) is 8.97. The Bertz CT molecular complexity index is 395. The Balaban J connectivity index is 3.12. The molecule has 1 aromatic carbocycles. The van der Waals surface area contributed by atoms with E-state index in [-0.39, 0.29) is 11.3 Å². The molecule has 0 aliphatic rings. The van der Waals surface area contributed by atoms with E-state index >= 15 is 0 Å². The van der Waals surface area contributed by atoms with Gasteiger partial charge in [0, 0.05) is 12.0 Å². The van der Waals surface area contributed by atoms with Gasteiger partial charge in [-0.2, -0.15) is 5.26 Å². The van der Waals surface area contributed by atoms with Crippen molar-refractivity contribution in [3.63, 3.8) is 0 Å². The number of phenols is 1. The molecule has 58 valence electrons. The summed E-state index contributed by atoms with van der Waals surface area (Å²) in [6, 6.07) is 5.14. The minimum Gasteiger partial charge on any atom is -0.508 e. The third-order valence-electron chi connectivity index (χ3n) is 1.21. The summed E-state index contributed by atoms with van der Waals surface area (Å²) in [5.74, 6) is 3.57. The van der Waals surface area contributed by atoms with E-state index in [1.165, 1.54) is 12.1 Å². The number of rotatable bonds is 0. The van der Waals surface area contributed by atoms with Crippen LogP contribution in [-0.4, -0.2) is 5.11 Å². The minimum atomic E-state index is -0.627. The van der Waals surface area contributed by atoms with Gasteiger partial charge >= 0.3 is 0 Å². The highest BCUT2D eigenvalue weighted by Gasteiger charge is 1.98. The van der Waals surface area contributed by atoms with Gasteiger partial charge in [-0.3, -0.25) is 0 Å². The lowest BCUT2D eigenvalue weighted by Gasteiger charge is -1.93. The van der Waals surface area contributed by atoms with E-state index in [0.29, 0.717) is 0 Å². The van der Waals surface area contributed by atoms with Gasteiger partial charge in [-0.15, -0.1) is 0 Å². The van der Waals surface area contributed by atoms with Crippen LogP contribution in [-0.2, 0) is 0 Å². The van der Waals surface area contributed by atoms with Crippen molar-refractivity contribution in [2.45, 2.75) is 0 Å². The molecule has 12 heavy (non-hydrogen) atoms. The van der Waals surface area contributed by atoms with Gasteiger partial charge in [0.15, 0.2) is 6.07 Å². The topological polar surface area (TPSA) is 44.0 Å². The predicted molar refractivity (Wildman–Crippen MR) is 40.6 cm³/mol. The summed E-state index contributed by atoms with van der Waals surface area (Å²) < 4.78 is 12.8. The first-order valence-electron chi connectivity index (χ1n) is 3.12. The Labute approximate surface area is 68.9 Å². The second-order valence-corrected chi connectivity index (χ2v) is 2.03. The summed E-state index contributed by atoms with van der Waals surface area (Å²) in [4.78, 5) is 0. The maximum atomic E-state index is 12.8. The standard InChI is InChI=1S/C9H4FNO/c10-9-6-8(12)4-3-7(9)2-1-5-11/h3-4,6,12H. The van der Waals surface area contributed by atoms with Crippen LogP contribution in [0.4, 0.5) is 4.39 Å². The fourth-order valence-corrected chi connectivity index (χ4v) is 0.701. The molecule has 0 saturated heterocycles. The Hall–Kier alpha value is -2.00. The highest BCUT2D eigenvalue weighted by molar-refractivity contribution is 5.41. The van der Waals surface area contributed by atoms with Crippen molar-refractivity contribution in [3.05, 3.63) is 29.6 Å². The normalized spacial score (nSPS) is 8.00. The number of aromatic hydroxyl groups is 1. The summed E-state index contributed by atoms with van der Waals surface area (Å²) in [5, 5.41) is 16.9. The maximum absolute atomic E-state index is 12.8. The fraction of sp³-hybridized carbons (Fsp3) is 0. The molecule has 1 N–H and O–H groups in total. The second kappa shape index (κ2) is 3.41. The molecular weight excluding hydrogens is 157 g/mol. The molecule has 0 radical (unpaired) electrons. The van der Waals surface area contributed by atoms with Crippen molar-refractivity contribution in [1.29, 1.82) is 5.26 Å². The molecule has 0 bridgehead atoms. The van der Waals surface area contributed by atoms with Crippen LogP contribution >= 0.6 is 0 Å². The Morgan fingerprint density at radius 2 is 2.17 bits per heavy atom. The first kappa shape index (κ1) is 8.10. The molecule has 0 aliphatic heterocycles. The third kappa shape index (κ3) is 1.74. The lowest BCUT2D eigenvalue weighted by molar-refractivity contribution is 0.469. The van der Waals surface area contributed by atoms with E-state index in [2.05, 4.69) is 11.8 Å². The monoisotopic (exact) mass is 161 g/mol. The maximum Gasteiger partial charge on any atom is 0.152 e. The molecule has 0 aliphatic carbocycles. The van der Waals surface area contributed by atoms with E-state index in [0.717, 1.165) is 6.07 Å². The Kier molecular flexibility index (Phi) is 2.30. The number of hydrogen-bond donors (Lipinski definition) is 1. The van der Waals surface area contributed by atoms with Crippen molar-refractivity contribution in [2.24, 2.45) is 0 Å². The van der Waals surface area contributed by atoms with Gasteiger partial charge in [0.1, 0.15) is 11.6 Å². The number of nitriles is 1. The second-order valence-electron chi connectivity index (χ2n) is 2.03. The molecule has 2 nitrogen and oxygen atoms in total. The van der Waals surface area contributed by atoms with Crippen LogP contribution in [0.15, 0.2) is 18.2 Å². The average molecular weight is 161 g/mol. The zero-order valence-electron chi connectivity index (χ0n) is 6.00. The van der Waals surface area contributed by atoms with Gasteiger partial charge in [0.05, 0.1) is 5.56 Å². The van der Waals surface area contributed by atoms with Crippen molar-refractivity contribution < 1.29 is 9.50 Å². The van der Waals surface area contributed by atoms with Crippen LogP contribution < -0.4 is 0 Å². The zero-order valence-corrected chi connectivity index (χ0v) is 6.00. The quantitative estimate of drug-likeness (QED) is 0.584. The smallest absolute Gasteiger partial charge is 0.152 e. The van der Waals surface area contributed by atoms with E-state index in [1.807, 2.05) is 0 Å². The van der Waals surface area contributed by atoms with Gasteiger partial charge in [0.25, 0.3) is 0 Å². The Morgan fingerprint density at radius 1 is 1.42 bits per heavy atom. The molecule has 0 atom stereocenters. The summed E-state index contributed by atoms with van der Waals surface area (Å²) in [5.41, 5.74) is 0.106. The van der Waals surface area contributed by atoms with Crippen molar-refractivity contribution >= 4 is 0 Å². The fourth-order valence-electron chi connectivity index (χ4n) is 0.701. The first-order chi connectivity index (χ1) is 5.74. The number of hydrogen-bond acceptors (Lipinski definition) is 2. The molecule has 0 fully saturated rings. The van der Waals surface area contributed by atoms with Crippen molar-refractivity contribution in [3.8, 4) is 23.7 Å². The van der Waals surface area contributed by atoms with Crippen LogP contribution in [0.1, 0.15) is 5.56 Å². The highest BCUT2D eigenvalue weighted by Crippen LogP contribution is 2.13. The summed E-state index contributed by atoms with van der Waals surface area (Å²) in [7, 11) is 0. The number of halogens is 1. The molecular formula is C9H4FNO. The summed E-state index contributed by atoms with van der Waals surface area (Å²) >= 11 is 0. The van der Waals surface area contributed by atoms with Crippen LogP contribution in [0.2, 0.25) is 0 Å². The minimum absolute atomic E-state index is 0.106. The molecule has 0 spiro atoms. The molecule has 0 unspecified atom stereocenters. The van der Waals surface area contributed by atoms with E-state index in [4.69, 9.17) is 10.4 Å². The molecule has 3 heteroatoms. The van der Waals surface area contributed by atoms with Crippen LogP contribution in [0, 0.1) is 29.0 Å². The molecule has 0 heterocycles. The van der Waals surface area contributed by atoms with Gasteiger partial charge in [0.2, 0.25) is 0 Å². The van der Waals surface area contributed by atoms with Gasteiger partial charge in [-0.05, 0) is 18.1 Å². The van der Waals surface area contributed by atoms with E-state index < -0.39 is 5.82 Å². The Morgan fingerprint density at radius 3 is 2.75 bits per heavy atom. The average Bonchev–Trinajstić information content (AvgIpc) is 2.03. The molecule has 1 rings (SSSR count). The largest absolute Gasteiger partial charge is 0.508 e. The summed E-state index contributed by atoms with van der Waals surface area (Å²) in [6.45, 7) is 0. The number of phenolic OH excluding ortho intramolecular Hbond substituents is 1. The predicted octanol–water partition coefficient (Wildman–Crippen LogP) is 1.41. The van der Waals surface area contributed by atoms with E-state index in [1.54, 1.807) is 6.07 Å². The molecule has 0 amide bonds. The van der Waals surface area contributed by atoms with Gasteiger partial charge < -0.3 is 5.11 Å². The van der Waals surface area contributed by atoms with Crippen molar-refractivity contribution in [2.75, 3.05) is 0 Å². The number of nitrogens with zero attached hydrogens (tertiary/aromatic N) is 1. The van der Waals surface area contributed by atoms with Crippen LogP contribution in [0.3, 0.4) is 0 Å². The third-order valence-corrected chi connectivity index (χ3v) is 1.21.